The van der Waals surface area contributed by atoms with E-state index in [9.17, 15) is 4.79 Å². The van der Waals surface area contributed by atoms with Crippen LogP contribution in [0.4, 0.5) is 0 Å². The van der Waals surface area contributed by atoms with Crippen LogP contribution in [-0.4, -0.2) is 42.8 Å². The van der Waals surface area contributed by atoms with Crippen LogP contribution in [-0.2, 0) is 18.1 Å². The zero-order chi connectivity index (χ0) is 30.0. The molecular formula is C35H71NO4Si. The van der Waals surface area contributed by atoms with Gasteiger partial charge in [-0.25, -0.2) is 9.79 Å². The Balaban J connectivity index is 3.13. The Morgan fingerprint density at radius 1 is 0.390 bits per heavy atom. The highest BCUT2D eigenvalue weighted by molar-refractivity contribution is 6.60. The van der Waals surface area contributed by atoms with Crippen LogP contribution in [0.3, 0.4) is 0 Å². The van der Waals surface area contributed by atoms with Gasteiger partial charge in [-0.2, -0.15) is 0 Å². The van der Waals surface area contributed by atoms with Gasteiger partial charge in [-0.3, -0.25) is 0 Å². The van der Waals surface area contributed by atoms with Gasteiger partial charge in [-0.05, 0) is 12.8 Å². The molecule has 6 heteroatoms. The first-order valence-corrected chi connectivity index (χ1v) is 19.9. The van der Waals surface area contributed by atoms with Crippen molar-refractivity contribution in [3.63, 3.8) is 0 Å². The number of nitrogens with zero attached hydrogens (tertiary/aromatic N) is 1. The molecule has 0 aromatic rings. The molecule has 0 saturated carbocycles. The van der Waals surface area contributed by atoms with Gasteiger partial charge in [-0.15, -0.1) is 0 Å². The van der Waals surface area contributed by atoms with Crippen LogP contribution in [0.2, 0.25) is 6.04 Å². The lowest BCUT2D eigenvalue weighted by atomic mass is 10.0. The molecule has 41 heavy (non-hydrogen) atoms. The lowest BCUT2D eigenvalue weighted by molar-refractivity contribution is 0.122. The molecule has 0 radical (unpaired) electrons. The Hall–Kier alpha value is -0.523. The third-order valence-corrected chi connectivity index (χ3v) is 11.6. The predicted octanol–water partition coefficient (Wildman–Crippen LogP) is 11.5. The second-order valence-electron chi connectivity index (χ2n) is 12.3. The molecule has 0 saturated heterocycles. The van der Waals surface area contributed by atoms with Crippen LogP contribution in [0.1, 0.15) is 186 Å². The third kappa shape index (κ3) is 29.3. The maximum atomic E-state index is 10.00. The van der Waals surface area contributed by atoms with Gasteiger partial charge in [0.2, 0.25) is 6.08 Å². The number of hydrogen-bond acceptors (Lipinski definition) is 5. The average molecular weight is 598 g/mol. The molecule has 0 amide bonds. The first-order valence-electron chi connectivity index (χ1n) is 17.9. The van der Waals surface area contributed by atoms with Crippen LogP contribution in [0.15, 0.2) is 4.99 Å². The zero-order valence-corrected chi connectivity index (χ0v) is 29.0. The minimum absolute atomic E-state index is 0.664. The largest absolute Gasteiger partial charge is 0.500 e. The second kappa shape index (κ2) is 34.0. The monoisotopic (exact) mass is 598 g/mol. The van der Waals surface area contributed by atoms with E-state index in [1.54, 1.807) is 27.4 Å². The van der Waals surface area contributed by atoms with Crippen molar-refractivity contribution in [2.45, 2.75) is 192 Å². The number of hydrogen-bond donors (Lipinski definition) is 0. The van der Waals surface area contributed by atoms with E-state index in [4.69, 9.17) is 13.3 Å². The van der Waals surface area contributed by atoms with Gasteiger partial charge < -0.3 is 13.3 Å². The van der Waals surface area contributed by atoms with E-state index < -0.39 is 8.80 Å². The molecular weight excluding hydrogens is 526 g/mol. The van der Waals surface area contributed by atoms with Crippen molar-refractivity contribution in [1.29, 1.82) is 0 Å². The molecule has 0 N–H and O–H groups in total. The van der Waals surface area contributed by atoms with Crippen molar-refractivity contribution in [2.24, 2.45) is 4.99 Å². The van der Waals surface area contributed by atoms with E-state index in [-0.39, 0.29) is 0 Å². The summed E-state index contributed by atoms with van der Waals surface area (Å²) in [6, 6.07) is 0.934. The fraction of sp³-hybridized carbons (Fsp3) is 0.971. The fourth-order valence-corrected chi connectivity index (χ4v) is 7.70. The van der Waals surface area contributed by atoms with Crippen LogP contribution in [0.25, 0.3) is 0 Å². The minimum Gasteiger partial charge on any atom is -0.377 e. The van der Waals surface area contributed by atoms with Gasteiger partial charge in [-0.1, -0.05) is 173 Å². The van der Waals surface area contributed by atoms with E-state index in [1.807, 2.05) is 0 Å². The maximum absolute atomic E-state index is 10.00. The smallest absolute Gasteiger partial charge is 0.377 e. The summed E-state index contributed by atoms with van der Waals surface area (Å²) < 4.78 is 16.5. The molecule has 0 aliphatic heterocycles. The summed E-state index contributed by atoms with van der Waals surface area (Å²) in [4.78, 5) is 13.6. The molecule has 0 aliphatic rings. The number of rotatable bonds is 35. The lowest BCUT2D eigenvalue weighted by Gasteiger charge is -2.24. The molecule has 0 bridgehead atoms. The molecule has 5 nitrogen and oxygen atoms in total. The van der Waals surface area contributed by atoms with E-state index in [1.165, 1.54) is 173 Å². The Morgan fingerprint density at radius 2 is 0.610 bits per heavy atom. The molecule has 0 atom stereocenters. The number of unbranched alkanes of at least 4 members (excludes halogenated alkanes) is 28. The van der Waals surface area contributed by atoms with Crippen molar-refractivity contribution < 1.29 is 18.1 Å². The summed E-state index contributed by atoms with van der Waals surface area (Å²) >= 11 is 0. The number of aliphatic imine (C=N–C) groups is 1. The summed E-state index contributed by atoms with van der Waals surface area (Å²) in [6.45, 7) is 0.664. The van der Waals surface area contributed by atoms with E-state index in [0.717, 1.165) is 18.9 Å². The second-order valence-corrected chi connectivity index (χ2v) is 15.4. The topological polar surface area (TPSA) is 57.1 Å². The molecule has 0 aliphatic carbocycles. The first kappa shape index (κ1) is 40.5. The lowest BCUT2D eigenvalue weighted by Crippen LogP contribution is -2.42. The minimum atomic E-state index is -2.35. The van der Waals surface area contributed by atoms with Crippen LogP contribution in [0.5, 0.6) is 0 Å². The molecule has 0 unspecified atom stereocenters. The summed E-state index contributed by atoms with van der Waals surface area (Å²) in [7, 11) is 2.77. The van der Waals surface area contributed by atoms with Gasteiger partial charge in [0.15, 0.2) is 0 Å². The highest BCUT2D eigenvalue weighted by atomic mass is 28.4. The Labute approximate surface area is 257 Å². The van der Waals surface area contributed by atoms with Gasteiger partial charge in [0.25, 0.3) is 0 Å². The normalized spacial score (nSPS) is 11.7. The van der Waals surface area contributed by atoms with Crippen molar-refractivity contribution in [1.82, 2.24) is 0 Å². The van der Waals surface area contributed by atoms with Crippen molar-refractivity contribution in [3.8, 4) is 0 Å². The molecule has 0 aromatic carbocycles. The Kier molecular flexibility index (Phi) is 33.5. The third-order valence-electron chi connectivity index (χ3n) is 8.75. The van der Waals surface area contributed by atoms with E-state index in [0.29, 0.717) is 6.54 Å². The van der Waals surface area contributed by atoms with Crippen molar-refractivity contribution in [2.75, 3.05) is 27.9 Å². The quantitative estimate of drug-likeness (QED) is 0.0315. The Bertz CT molecular complexity index is 544. The van der Waals surface area contributed by atoms with Crippen molar-refractivity contribution in [3.05, 3.63) is 0 Å². The molecule has 0 aromatic heterocycles. The molecule has 0 heterocycles. The summed E-state index contributed by atoms with van der Waals surface area (Å²) in [5.41, 5.74) is 0. The highest BCUT2D eigenvalue weighted by Gasteiger charge is 2.36. The average Bonchev–Trinajstić information content (AvgIpc) is 3.00. The highest BCUT2D eigenvalue weighted by Crippen LogP contribution is 2.19. The number of isocyanates is 1. The van der Waals surface area contributed by atoms with Crippen LogP contribution in [0, 0.1) is 0 Å². The SMILES string of the molecule is CO[Si](CCCCCCCCCCCCCCCCCCCCCCCCCCCCCCCN=C=O)(OC)OC. The molecule has 244 valence electrons. The summed E-state index contributed by atoms with van der Waals surface area (Å²) in [5.74, 6) is 0. The standard InChI is InChI=1S/C35H71NO4Si/c1-38-41(39-2,40-3)34-32-30-28-26-24-22-20-18-16-14-12-10-8-6-4-5-7-9-11-13-15-17-19-21-23-25-27-29-31-33-36-35-37/h4-34H2,1-3H3. The zero-order valence-electron chi connectivity index (χ0n) is 28.0. The fourth-order valence-electron chi connectivity index (χ4n) is 5.91. The number of carbonyl (C=O) groups excluding carboxylic acids is 1. The molecule has 0 rings (SSSR count). The van der Waals surface area contributed by atoms with E-state index in [2.05, 4.69) is 4.99 Å². The van der Waals surface area contributed by atoms with Gasteiger partial charge >= 0.3 is 8.80 Å². The molecule has 0 spiro atoms. The molecule has 0 fully saturated rings. The Morgan fingerprint density at radius 3 is 0.829 bits per heavy atom. The van der Waals surface area contributed by atoms with Gasteiger partial charge in [0, 0.05) is 27.4 Å². The van der Waals surface area contributed by atoms with Gasteiger partial charge in [0.1, 0.15) is 0 Å². The van der Waals surface area contributed by atoms with Crippen molar-refractivity contribution >= 4 is 14.9 Å². The van der Waals surface area contributed by atoms with Gasteiger partial charge in [0.05, 0.1) is 6.54 Å². The van der Waals surface area contributed by atoms with Crippen LogP contribution >= 0.6 is 0 Å². The first-order chi connectivity index (χ1) is 20.2. The maximum Gasteiger partial charge on any atom is 0.500 e. The van der Waals surface area contributed by atoms with E-state index >= 15 is 0 Å². The predicted molar refractivity (Wildman–Crippen MR) is 178 cm³/mol. The summed E-state index contributed by atoms with van der Waals surface area (Å²) in [5, 5.41) is 0. The van der Waals surface area contributed by atoms with Crippen LogP contribution < -0.4 is 0 Å². The summed E-state index contributed by atoms with van der Waals surface area (Å²) in [6.07, 6.45) is 41.8.